The van der Waals surface area contributed by atoms with E-state index in [-0.39, 0.29) is 0 Å². The van der Waals surface area contributed by atoms with Gasteiger partial charge in [-0.25, -0.2) is 4.98 Å². The van der Waals surface area contributed by atoms with E-state index in [1.807, 2.05) is 14.0 Å². The average Bonchev–Trinajstić information content (AvgIpc) is 2.49. The van der Waals surface area contributed by atoms with Crippen molar-refractivity contribution in [2.24, 2.45) is 5.41 Å². The van der Waals surface area contributed by atoms with Crippen LogP contribution in [0.15, 0.2) is 6.07 Å². The zero-order chi connectivity index (χ0) is 13.2. The summed E-state index contributed by atoms with van der Waals surface area (Å²) >= 11 is 0. The second-order valence-corrected chi connectivity index (χ2v) is 5.95. The van der Waals surface area contributed by atoms with E-state index in [0.29, 0.717) is 11.4 Å². The number of aryl methyl sites for hydroxylation is 1. The minimum atomic E-state index is 0.461. The molecule has 0 unspecified atom stereocenters. The molecule has 1 N–H and O–H groups in total. The van der Waals surface area contributed by atoms with E-state index in [1.165, 1.54) is 19.3 Å². The van der Waals surface area contributed by atoms with Gasteiger partial charge >= 0.3 is 0 Å². The normalized spacial score (nSPS) is 19.4. The first-order valence-corrected chi connectivity index (χ1v) is 6.78. The van der Waals surface area contributed by atoms with Crippen molar-refractivity contribution in [3.05, 3.63) is 11.8 Å². The van der Waals surface area contributed by atoms with Gasteiger partial charge in [0.25, 0.3) is 0 Å². The number of anilines is 2. The van der Waals surface area contributed by atoms with E-state index in [2.05, 4.69) is 40.1 Å². The Balaban J connectivity index is 2.18. The van der Waals surface area contributed by atoms with E-state index in [9.17, 15) is 0 Å². The highest BCUT2D eigenvalue weighted by Crippen LogP contribution is 2.31. The largest absolute Gasteiger partial charge is 0.357 e. The van der Waals surface area contributed by atoms with Crippen LogP contribution in [0.3, 0.4) is 0 Å². The molecule has 1 aliphatic heterocycles. The number of hydrogen-bond donors (Lipinski definition) is 1. The quantitative estimate of drug-likeness (QED) is 0.873. The maximum atomic E-state index is 4.57. The van der Waals surface area contributed by atoms with Gasteiger partial charge in [0.05, 0.1) is 0 Å². The molecule has 2 rings (SSSR count). The third kappa shape index (κ3) is 3.12. The van der Waals surface area contributed by atoms with Crippen molar-refractivity contribution in [1.29, 1.82) is 0 Å². The maximum absolute atomic E-state index is 4.57. The lowest BCUT2D eigenvalue weighted by atomic mass is 9.85. The van der Waals surface area contributed by atoms with Crippen LogP contribution in [0.2, 0.25) is 0 Å². The van der Waals surface area contributed by atoms with Crippen molar-refractivity contribution in [3.63, 3.8) is 0 Å². The van der Waals surface area contributed by atoms with Crippen LogP contribution in [0.25, 0.3) is 0 Å². The van der Waals surface area contributed by atoms with Gasteiger partial charge < -0.3 is 10.2 Å². The Hall–Kier alpha value is -1.32. The van der Waals surface area contributed by atoms with E-state index in [1.54, 1.807) is 0 Å². The fraction of sp³-hybridized carbons (Fsp3) is 0.714. The van der Waals surface area contributed by atoms with Crippen LogP contribution >= 0.6 is 0 Å². The molecule has 0 aliphatic carbocycles. The summed E-state index contributed by atoms with van der Waals surface area (Å²) in [4.78, 5) is 11.3. The van der Waals surface area contributed by atoms with Crippen molar-refractivity contribution in [2.75, 3.05) is 30.4 Å². The van der Waals surface area contributed by atoms with Crippen molar-refractivity contribution in [3.8, 4) is 0 Å². The number of nitrogens with one attached hydrogen (secondary N) is 1. The lowest BCUT2D eigenvalue weighted by Gasteiger charge is -2.24. The first kappa shape index (κ1) is 13.1. The highest BCUT2D eigenvalue weighted by Gasteiger charge is 2.23. The Bertz CT molecular complexity index is 414. The fourth-order valence-electron chi connectivity index (χ4n) is 2.48. The predicted octanol–water partition coefficient (Wildman–Crippen LogP) is 2.84. The maximum Gasteiger partial charge on any atom is 0.224 e. The topological polar surface area (TPSA) is 41.1 Å². The number of nitrogens with zero attached hydrogens (tertiary/aromatic N) is 3. The van der Waals surface area contributed by atoms with Gasteiger partial charge in [-0.05, 0) is 31.6 Å². The summed E-state index contributed by atoms with van der Waals surface area (Å²) in [6, 6.07) is 2.08. The van der Waals surface area contributed by atoms with E-state index in [4.69, 9.17) is 0 Å². The van der Waals surface area contributed by atoms with Crippen molar-refractivity contribution < 1.29 is 0 Å². The zero-order valence-corrected chi connectivity index (χ0v) is 12.0. The molecule has 1 fully saturated rings. The summed E-state index contributed by atoms with van der Waals surface area (Å²) in [7, 11) is 1.87. The molecule has 0 spiro atoms. The average molecular weight is 248 g/mol. The van der Waals surface area contributed by atoms with Gasteiger partial charge in [0.2, 0.25) is 5.95 Å². The number of hydrogen-bond acceptors (Lipinski definition) is 4. The smallest absolute Gasteiger partial charge is 0.224 e. The summed E-state index contributed by atoms with van der Waals surface area (Å²) in [5.74, 6) is 1.78. The van der Waals surface area contributed by atoms with Gasteiger partial charge in [-0.1, -0.05) is 13.8 Å². The third-order valence-electron chi connectivity index (χ3n) is 3.73. The molecule has 0 aromatic carbocycles. The predicted molar refractivity (Wildman–Crippen MR) is 76.2 cm³/mol. The monoisotopic (exact) mass is 248 g/mol. The van der Waals surface area contributed by atoms with Crippen LogP contribution in [0.4, 0.5) is 11.8 Å². The highest BCUT2D eigenvalue weighted by atomic mass is 15.2. The number of rotatable bonds is 2. The highest BCUT2D eigenvalue weighted by molar-refractivity contribution is 5.44. The molecule has 100 valence electrons. The van der Waals surface area contributed by atoms with Crippen LogP contribution in [-0.2, 0) is 0 Å². The molecule has 1 aromatic heterocycles. The van der Waals surface area contributed by atoms with Crippen LogP contribution in [0.5, 0.6) is 0 Å². The molecule has 0 saturated carbocycles. The standard InChI is InChI=1S/C14H24N4/c1-11-10-12(17-13(15-4)16-11)18-8-5-6-14(2,3)7-9-18/h10H,5-9H2,1-4H3,(H,15,16,17). The van der Waals surface area contributed by atoms with Gasteiger partial charge in [-0.3, -0.25) is 0 Å². The van der Waals surface area contributed by atoms with Crippen molar-refractivity contribution in [2.45, 2.75) is 40.0 Å². The van der Waals surface area contributed by atoms with E-state index in [0.717, 1.165) is 24.6 Å². The van der Waals surface area contributed by atoms with Crippen LogP contribution in [-0.4, -0.2) is 30.1 Å². The lowest BCUT2D eigenvalue weighted by molar-refractivity contribution is 0.325. The fourth-order valence-corrected chi connectivity index (χ4v) is 2.48. The van der Waals surface area contributed by atoms with Gasteiger partial charge in [-0.15, -0.1) is 0 Å². The molecule has 0 bridgehead atoms. The molecule has 0 radical (unpaired) electrons. The molecule has 0 amide bonds. The summed E-state index contributed by atoms with van der Waals surface area (Å²) < 4.78 is 0. The molecular weight excluding hydrogens is 224 g/mol. The Morgan fingerprint density at radius 2 is 2.00 bits per heavy atom. The summed E-state index contributed by atoms with van der Waals surface area (Å²) in [5, 5.41) is 3.03. The van der Waals surface area contributed by atoms with Crippen LogP contribution < -0.4 is 10.2 Å². The summed E-state index contributed by atoms with van der Waals surface area (Å²) in [6.45, 7) is 8.94. The Morgan fingerprint density at radius 1 is 1.22 bits per heavy atom. The van der Waals surface area contributed by atoms with Gasteiger partial charge in [0, 0.05) is 31.9 Å². The molecule has 1 aromatic rings. The minimum Gasteiger partial charge on any atom is -0.357 e. The lowest BCUT2D eigenvalue weighted by Crippen LogP contribution is -2.26. The van der Waals surface area contributed by atoms with Gasteiger partial charge in [-0.2, -0.15) is 4.98 Å². The summed E-state index contributed by atoms with van der Waals surface area (Å²) in [6.07, 6.45) is 3.77. The van der Waals surface area contributed by atoms with Gasteiger partial charge in [0.15, 0.2) is 0 Å². The Kier molecular flexibility index (Phi) is 3.73. The second kappa shape index (κ2) is 5.12. The molecule has 2 heterocycles. The minimum absolute atomic E-state index is 0.461. The molecule has 0 atom stereocenters. The van der Waals surface area contributed by atoms with Crippen LogP contribution in [0.1, 0.15) is 38.8 Å². The molecular formula is C14H24N4. The van der Waals surface area contributed by atoms with Crippen molar-refractivity contribution >= 4 is 11.8 Å². The molecule has 4 nitrogen and oxygen atoms in total. The molecule has 1 aliphatic rings. The zero-order valence-electron chi connectivity index (χ0n) is 12.0. The third-order valence-corrected chi connectivity index (χ3v) is 3.73. The first-order valence-electron chi connectivity index (χ1n) is 6.78. The molecule has 4 heteroatoms. The molecule has 1 saturated heterocycles. The van der Waals surface area contributed by atoms with Gasteiger partial charge in [0.1, 0.15) is 5.82 Å². The Morgan fingerprint density at radius 3 is 2.72 bits per heavy atom. The van der Waals surface area contributed by atoms with Crippen LogP contribution in [0, 0.1) is 12.3 Å². The molecule has 18 heavy (non-hydrogen) atoms. The van der Waals surface area contributed by atoms with E-state index < -0.39 is 0 Å². The Labute approximate surface area is 110 Å². The first-order chi connectivity index (χ1) is 8.50. The second-order valence-electron chi connectivity index (χ2n) is 5.95. The number of aromatic nitrogens is 2. The van der Waals surface area contributed by atoms with E-state index >= 15 is 0 Å². The SMILES string of the molecule is CNc1nc(C)cc(N2CCCC(C)(C)CC2)n1. The summed E-state index contributed by atoms with van der Waals surface area (Å²) in [5.41, 5.74) is 1.48. The van der Waals surface area contributed by atoms with Crippen molar-refractivity contribution in [1.82, 2.24) is 9.97 Å².